The van der Waals surface area contributed by atoms with Crippen LogP contribution in [0.2, 0.25) is 0 Å². The van der Waals surface area contributed by atoms with Gasteiger partial charge in [0.25, 0.3) is 5.91 Å². The first-order valence-electron chi connectivity index (χ1n) is 12.5. The van der Waals surface area contributed by atoms with Gasteiger partial charge in [0, 0.05) is 43.1 Å². The number of hydrogen-bond acceptors (Lipinski definition) is 5. The minimum Gasteiger partial charge on any atom is -0.494 e. The zero-order chi connectivity index (χ0) is 27.2. The number of ketones is 1. The normalized spacial score (nSPS) is 13.8. The van der Waals surface area contributed by atoms with Crippen LogP contribution in [0.5, 0.6) is 5.75 Å². The number of aromatic nitrogens is 1. The highest BCUT2D eigenvalue weighted by Gasteiger charge is 2.26. The number of Topliss-reactive ketones (excluding diaryl/α,β-unsaturated/α-hetero) is 1. The van der Waals surface area contributed by atoms with Gasteiger partial charge < -0.3 is 25.3 Å². The molecule has 1 saturated heterocycles. The standard InChI is InChI=1S/C28H32FN5O4/c1-3-38-22-10-8-21(9-11-22)31-28(37)33-14-12-32(13-15-33)18-26(35)25-16-23(27(30)36)19(2)34(25)17-20-6-4-5-7-24(20)29/h4-11,16H,3,12-15,17-18H2,1-2H3,(H2,30,36)(H,31,37). The van der Waals surface area contributed by atoms with Gasteiger partial charge in [-0.2, -0.15) is 0 Å². The number of nitrogens with two attached hydrogens (primary N) is 1. The second-order valence-electron chi connectivity index (χ2n) is 9.14. The van der Waals surface area contributed by atoms with Crippen LogP contribution in [-0.4, -0.2) is 71.4 Å². The zero-order valence-electron chi connectivity index (χ0n) is 21.6. The summed E-state index contributed by atoms with van der Waals surface area (Å²) in [5, 5.41) is 2.89. The van der Waals surface area contributed by atoms with Gasteiger partial charge in [-0.15, -0.1) is 0 Å². The van der Waals surface area contributed by atoms with Crippen molar-refractivity contribution in [3.63, 3.8) is 0 Å². The summed E-state index contributed by atoms with van der Waals surface area (Å²) in [5.74, 6) is -0.499. The maximum absolute atomic E-state index is 14.3. The molecule has 0 spiro atoms. The van der Waals surface area contributed by atoms with Crippen LogP contribution in [0.25, 0.3) is 0 Å². The summed E-state index contributed by atoms with van der Waals surface area (Å²) in [4.78, 5) is 41.6. The Morgan fingerprint density at radius 1 is 1.03 bits per heavy atom. The van der Waals surface area contributed by atoms with Crippen molar-refractivity contribution in [1.82, 2.24) is 14.4 Å². The van der Waals surface area contributed by atoms with Crippen molar-refractivity contribution in [2.24, 2.45) is 5.73 Å². The smallest absolute Gasteiger partial charge is 0.321 e. The van der Waals surface area contributed by atoms with Crippen LogP contribution in [0.15, 0.2) is 54.6 Å². The van der Waals surface area contributed by atoms with E-state index in [1.54, 1.807) is 58.9 Å². The molecule has 200 valence electrons. The molecule has 2 aromatic carbocycles. The number of ether oxygens (including phenoxy) is 1. The Morgan fingerprint density at radius 2 is 1.71 bits per heavy atom. The molecule has 4 rings (SSSR count). The van der Waals surface area contributed by atoms with Crippen molar-refractivity contribution < 1.29 is 23.5 Å². The lowest BCUT2D eigenvalue weighted by Crippen LogP contribution is -2.51. The van der Waals surface area contributed by atoms with Gasteiger partial charge >= 0.3 is 6.03 Å². The molecule has 3 N–H and O–H groups in total. The predicted molar refractivity (Wildman–Crippen MR) is 142 cm³/mol. The van der Waals surface area contributed by atoms with E-state index in [-0.39, 0.29) is 36.3 Å². The summed E-state index contributed by atoms with van der Waals surface area (Å²) in [7, 11) is 0. The highest BCUT2D eigenvalue weighted by atomic mass is 19.1. The first-order valence-corrected chi connectivity index (χ1v) is 12.5. The average Bonchev–Trinajstić information content (AvgIpc) is 3.23. The van der Waals surface area contributed by atoms with Gasteiger partial charge in [-0.25, -0.2) is 9.18 Å². The fourth-order valence-electron chi connectivity index (χ4n) is 4.52. The number of carbonyl (C=O) groups is 3. The number of primary amides is 1. The Balaban J connectivity index is 1.38. The largest absolute Gasteiger partial charge is 0.494 e. The van der Waals surface area contributed by atoms with E-state index in [1.165, 1.54) is 12.1 Å². The van der Waals surface area contributed by atoms with Crippen LogP contribution in [0.1, 0.15) is 39.0 Å². The fourth-order valence-corrected chi connectivity index (χ4v) is 4.52. The molecule has 1 aromatic heterocycles. The van der Waals surface area contributed by atoms with Crippen LogP contribution < -0.4 is 15.8 Å². The molecule has 3 aromatic rings. The molecule has 10 heteroatoms. The van der Waals surface area contributed by atoms with Gasteiger partial charge in [0.05, 0.1) is 31.0 Å². The third kappa shape index (κ3) is 6.20. The number of piperazine rings is 1. The van der Waals surface area contributed by atoms with Crippen LogP contribution in [-0.2, 0) is 6.54 Å². The SMILES string of the molecule is CCOc1ccc(NC(=O)N2CCN(CC(=O)c3cc(C(N)=O)c(C)n3Cc3ccccc3F)CC2)cc1. The quantitative estimate of drug-likeness (QED) is 0.419. The van der Waals surface area contributed by atoms with Crippen molar-refractivity contribution in [2.45, 2.75) is 20.4 Å². The molecule has 0 saturated carbocycles. The molecule has 0 bridgehead atoms. The molecule has 0 unspecified atom stereocenters. The molecule has 0 aliphatic carbocycles. The molecular weight excluding hydrogens is 489 g/mol. The van der Waals surface area contributed by atoms with Gasteiger partial charge in [0.15, 0.2) is 5.78 Å². The number of nitrogens with one attached hydrogen (secondary N) is 1. The number of hydrogen-bond donors (Lipinski definition) is 2. The van der Waals surface area contributed by atoms with Crippen molar-refractivity contribution in [2.75, 3.05) is 44.6 Å². The van der Waals surface area contributed by atoms with E-state index in [1.807, 2.05) is 11.8 Å². The highest BCUT2D eigenvalue weighted by Crippen LogP contribution is 2.21. The minimum absolute atomic E-state index is 0.104. The second-order valence-corrected chi connectivity index (χ2v) is 9.14. The zero-order valence-corrected chi connectivity index (χ0v) is 21.6. The molecule has 9 nitrogen and oxygen atoms in total. The summed E-state index contributed by atoms with van der Waals surface area (Å²) in [6.07, 6.45) is 0. The maximum Gasteiger partial charge on any atom is 0.321 e. The number of carbonyl (C=O) groups excluding carboxylic acids is 3. The van der Waals surface area contributed by atoms with E-state index in [0.717, 1.165) is 5.75 Å². The summed E-state index contributed by atoms with van der Waals surface area (Å²) < 4.78 is 21.4. The Hall–Kier alpha value is -4.18. The van der Waals surface area contributed by atoms with E-state index in [2.05, 4.69) is 5.32 Å². The molecule has 38 heavy (non-hydrogen) atoms. The predicted octanol–water partition coefficient (Wildman–Crippen LogP) is 3.51. The summed E-state index contributed by atoms with van der Waals surface area (Å²) in [6.45, 7) is 6.32. The molecular formula is C28H32FN5O4. The number of amides is 3. The molecule has 3 amide bonds. The monoisotopic (exact) mass is 521 g/mol. The topological polar surface area (TPSA) is 110 Å². The number of anilines is 1. The summed E-state index contributed by atoms with van der Waals surface area (Å²) >= 11 is 0. The van der Waals surface area contributed by atoms with Gasteiger partial charge in [-0.05, 0) is 50.2 Å². The number of urea groups is 1. The molecule has 0 atom stereocenters. The van der Waals surface area contributed by atoms with E-state index < -0.39 is 5.91 Å². The lowest BCUT2D eigenvalue weighted by Gasteiger charge is -2.34. The van der Waals surface area contributed by atoms with Crippen molar-refractivity contribution in [3.05, 3.63) is 82.9 Å². The summed E-state index contributed by atoms with van der Waals surface area (Å²) in [5.41, 5.74) is 7.66. The number of rotatable bonds is 9. The number of nitrogens with zero attached hydrogens (tertiary/aromatic N) is 3. The molecule has 1 aliphatic rings. The molecule has 1 aliphatic heterocycles. The Morgan fingerprint density at radius 3 is 2.34 bits per heavy atom. The fraction of sp³-hybridized carbons (Fsp3) is 0.321. The Bertz CT molecular complexity index is 1310. The molecule has 1 fully saturated rings. The average molecular weight is 522 g/mol. The van der Waals surface area contributed by atoms with Crippen molar-refractivity contribution in [3.8, 4) is 5.75 Å². The van der Waals surface area contributed by atoms with Crippen molar-refractivity contribution in [1.29, 1.82) is 0 Å². The lowest BCUT2D eigenvalue weighted by molar-refractivity contribution is 0.0874. The third-order valence-corrected chi connectivity index (χ3v) is 6.65. The van der Waals surface area contributed by atoms with Gasteiger partial charge in [-0.1, -0.05) is 18.2 Å². The van der Waals surface area contributed by atoms with Gasteiger partial charge in [0.1, 0.15) is 11.6 Å². The van der Waals surface area contributed by atoms with E-state index in [9.17, 15) is 18.8 Å². The third-order valence-electron chi connectivity index (χ3n) is 6.65. The summed E-state index contributed by atoms with van der Waals surface area (Å²) in [6, 6.07) is 14.8. The van der Waals surface area contributed by atoms with E-state index in [4.69, 9.17) is 10.5 Å². The van der Waals surface area contributed by atoms with Crippen LogP contribution >= 0.6 is 0 Å². The number of halogens is 1. The highest BCUT2D eigenvalue weighted by molar-refractivity contribution is 6.01. The van der Waals surface area contributed by atoms with E-state index >= 15 is 0 Å². The Labute approximate surface area is 221 Å². The minimum atomic E-state index is -0.643. The number of benzene rings is 2. The van der Waals surface area contributed by atoms with Crippen LogP contribution in [0.3, 0.4) is 0 Å². The Kier molecular flexibility index (Phi) is 8.42. The van der Waals surface area contributed by atoms with Gasteiger partial charge in [-0.3, -0.25) is 14.5 Å². The lowest BCUT2D eigenvalue weighted by atomic mass is 10.2. The maximum atomic E-state index is 14.3. The molecule has 0 radical (unpaired) electrons. The first-order chi connectivity index (χ1) is 18.3. The van der Waals surface area contributed by atoms with Crippen LogP contribution in [0.4, 0.5) is 14.9 Å². The van der Waals surface area contributed by atoms with Crippen molar-refractivity contribution >= 4 is 23.4 Å². The van der Waals surface area contributed by atoms with Crippen LogP contribution in [0, 0.1) is 12.7 Å². The van der Waals surface area contributed by atoms with Gasteiger partial charge in [0.2, 0.25) is 0 Å². The molecule has 2 heterocycles. The van der Waals surface area contributed by atoms with E-state index in [0.29, 0.717) is 55.4 Å². The second kappa shape index (κ2) is 11.9. The first kappa shape index (κ1) is 26.9.